The number of halogens is 1. The second-order valence-corrected chi connectivity index (χ2v) is 5.39. The fourth-order valence-corrected chi connectivity index (χ4v) is 2.56. The standard InChI is InChI=1S/C14H15ClN4O/c1-10(14(20)11-2-4-12(15)5-3-11)18-6-7-19-9-16-17-13(19)8-18/h2-5,9-10H,6-8H2,1H3. The molecular weight excluding hydrogens is 276 g/mol. The molecular formula is C14H15ClN4O. The SMILES string of the molecule is CC(C(=O)c1ccc(Cl)cc1)N1CCn2cnnc2C1. The van der Waals surface area contributed by atoms with E-state index < -0.39 is 0 Å². The van der Waals surface area contributed by atoms with Crippen LogP contribution in [0.15, 0.2) is 30.6 Å². The van der Waals surface area contributed by atoms with Crippen molar-refractivity contribution in [2.24, 2.45) is 0 Å². The highest BCUT2D eigenvalue weighted by atomic mass is 35.5. The van der Waals surface area contributed by atoms with Crippen LogP contribution in [0.25, 0.3) is 0 Å². The lowest BCUT2D eigenvalue weighted by Gasteiger charge is -2.31. The van der Waals surface area contributed by atoms with Gasteiger partial charge in [-0.3, -0.25) is 9.69 Å². The van der Waals surface area contributed by atoms with Gasteiger partial charge in [0.25, 0.3) is 0 Å². The number of nitrogens with zero attached hydrogens (tertiary/aromatic N) is 4. The maximum absolute atomic E-state index is 12.5. The van der Waals surface area contributed by atoms with Gasteiger partial charge in [-0.2, -0.15) is 0 Å². The molecule has 0 aliphatic carbocycles. The van der Waals surface area contributed by atoms with Crippen molar-refractivity contribution in [1.29, 1.82) is 0 Å². The number of benzene rings is 1. The summed E-state index contributed by atoms with van der Waals surface area (Å²) >= 11 is 5.85. The van der Waals surface area contributed by atoms with Gasteiger partial charge in [-0.1, -0.05) is 11.6 Å². The van der Waals surface area contributed by atoms with Crippen LogP contribution in [0.3, 0.4) is 0 Å². The van der Waals surface area contributed by atoms with E-state index in [0.717, 1.165) is 18.9 Å². The first-order chi connectivity index (χ1) is 9.65. The topological polar surface area (TPSA) is 51.0 Å². The Labute approximate surface area is 122 Å². The molecule has 0 fully saturated rings. The summed E-state index contributed by atoms with van der Waals surface area (Å²) in [5.41, 5.74) is 0.689. The van der Waals surface area contributed by atoms with Crippen molar-refractivity contribution < 1.29 is 4.79 Å². The molecule has 1 atom stereocenters. The Morgan fingerprint density at radius 3 is 2.80 bits per heavy atom. The summed E-state index contributed by atoms with van der Waals surface area (Å²) in [5.74, 6) is 1.02. The Hall–Kier alpha value is -1.72. The van der Waals surface area contributed by atoms with Crippen LogP contribution < -0.4 is 0 Å². The average molecular weight is 291 g/mol. The second kappa shape index (κ2) is 5.34. The summed E-state index contributed by atoms with van der Waals surface area (Å²) in [4.78, 5) is 14.6. The molecule has 1 aliphatic rings. The van der Waals surface area contributed by atoms with Gasteiger partial charge in [-0.25, -0.2) is 0 Å². The van der Waals surface area contributed by atoms with E-state index in [1.165, 1.54) is 0 Å². The number of aromatic nitrogens is 3. The number of ketones is 1. The third-order valence-electron chi connectivity index (χ3n) is 3.72. The Kier molecular flexibility index (Phi) is 3.54. The van der Waals surface area contributed by atoms with E-state index in [2.05, 4.69) is 15.1 Å². The number of hydrogen-bond acceptors (Lipinski definition) is 4. The summed E-state index contributed by atoms with van der Waals surface area (Å²) < 4.78 is 2.02. The van der Waals surface area contributed by atoms with Crippen molar-refractivity contribution >= 4 is 17.4 Å². The minimum Gasteiger partial charge on any atom is -0.315 e. The molecule has 1 unspecified atom stereocenters. The van der Waals surface area contributed by atoms with Gasteiger partial charge in [0, 0.05) is 23.7 Å². The summed E-state index contributed by atoms with van der Waals surface area (Å²) in [6.45, 7) is 4.23. The van der Waals surface area contributed by atoms with Gasteiger partial charge in [0.05, 0.1) is 12.6 Å². The monoisotopic (exact) mass is 290 g/mol. The molecule has 1 aromatic heterocycles. The van der Waals surface area contributed by atoms with Crippen LogP contribution in [0, 0.1) is 0 Å². The van der Waals surface area contributed by atoms with Gasteiger partial charge >= 0.3 is 0 Å². The number of Topliss-reactive ketones (excluding diaryl/α,β-unsaturated/α-hetero) is 1. The highest BCUT2D eigenvalue weighted by Crippen LogP contribution is 2.17. The average Bonchev–Trinajstić information content (AvgIpc) is 2.94. The first kappa shape index (κ1) is 13.3. The van der Waals surface area contributed by atoms with Gasteiger partial charge in [0.1, 0.15) is 12.2 Å². The molecule has 20 heavy (non-hydrogen) atoms. The molecule has 5 nitrogen and oxygen atoms in total. The van der Waals surface area contributed by atoms with Gasteiger partial charge in [-0.05, 0) is 31.2 Å². The zero-order chi connectivity index (χ0) is 14.1. The lowest BCUT2D eigenvalue weighted by Crippen LogP contribution is -2.43. The highest BCUT2D eigenvalue weighted by Gasteiger charge is 2.26. The molecule has 1 aromatic carbocycles. The molecule has 0 radical (unpaired) electrons. The number of rotatable bonds is 3. The Morgan fingerprint density at radius 2 is 2.05 bits per heavy atom. The summed E-state index contributed by atoms with van der Waals surface area (Å²) in [5, 5.41) is 8.61. The quantitative estimate of drug-likeness (QED) is 0.812. The Bertz CT molecular complexity index is 622. The van der Waals surface area contributed by atoms with Crippen molar-refractivity contribution in [2.45, 2.75) is 26.1 Å². The fraction of sp³-hybridized carbons (Fsp3) is 0.357. The highest BCUT2D eigenvalue weighted by molar-refractivity contribution is 6.30. The van der Waals surface area contributed by atoms with Crippen LogP contribution in [0.5, 0.6) is 0 Å². The van der Waals surface area contributed by atoms with E-state index in [0.29, 0.717) is 17.1 Å². The molecule has 3 rings (SSSR count). The van der Waals surface area contributed by atoms with Gasteiger partial charge < -0.3 is 4.57 Å². The lowest BCUT2D eigenvalue weighted by atomic mass is 10.0. The largest absolute Gasteiger partial charge is 0.315 e. The number of fused-ring (bicyclic) bond motifs is 1. The number of hydrogen-bond donors (Lipinski definition) is 0. The van der Waals surface area contributed by atoms with Gasteiger partial charge in [0.15, 0.2) is 5.78 Å². The maximum Gasteiger partial charge on any atom is 0.179 e. The third kappa shape index (κ3) is 2.46. The molecule has 0 spiro atoms. The summed E-state index contributed by atoms with van der Waals surface area (Å²) in [6, 6.07) is 6.85. The molecule has 0 saturated heterocycles. The van der Waals surface area contributed by atoms with Crippen molar-refractivity contribution in [3.8, 4) is 0 Å². The van der Waals surface area contributed by atoms with Gasteiger partial charge in [-0.15, -0.1) is 10.2 Å². The van der Waals surface area contributed by atoms with Gasteiger partial charge in [0.2, 0.25) is 0 Å². The maximum atomic E-state index is 12.5. The molecule has 0 bridgehead atoms. The second-order valence-electron chi connectivity index (χ2n) is 4.96. The van der Waals surface area contributed by atoms with Crippen LogP contribution >= 0.6 is 11.6 Å². The molecule has 1 aliphatic heterocycles. The van der Waals surface area contributed by atoms with E-state index in [4.69, 9.17) is 11.6 Å². The normalized spacial score (nSPS) is 16.7. The van der Waals surface area contributed by atoms with Crippen molar-refractivity contribution in [1.82, 2.24) is 19.7 Å². The summed E-state index contributed by atoms with van der Waals surface area (Å²) in [7, 11) is 0. The first-order valence-corrected chi connectivity index (χ1v) is 6.93. The van der Waals surface area contributed by atoms with Crippen LogP contribution in [-0.4, -0.2) is 38.0 Å². The summed E-state index contributed by atoms with van der Waals surface area (Å²) in [6.07, 6.45) is 1.73. The van der Waals surface area contributed by atoms with Crippen molar-refractivity contribution in [2.75, 3.05) is 6.54 Å². The van der Waals surface area contributed by atoms with E-state index in [-0.39, 0.29) is 11.8 Å². The van der Waals surface area contributed by atoms with E-state index in [1.54, 1.807) is 30.6 Å². The van der Waals surface area contributed by atoms with Crippen LogP contribution in [0.4, 0.5) is 0 Å². The van der Waals surface area contributed by atoms with Crippen LogP contribution in [0.2, 0.25) is 5.02 Å². The predicted molar refractivity (Wildman–Crippen MR) is 75.7 cm³/mol. The minimum absolute atomic E-state index is 0.106. The number of carbonyl (C=O) groups is 1. The molecule has 2 heterocycles. The van der Waals surface area contributed by atoms with E-state index in [9.17, 15) is 4.79 Å². The molecule has 0 saturated carbocycles. The van der Waals surface area contributed by atoms with E-state index >= 15 is 0 Å². The van der Waals surface area contributed by atoms with Crippen LogP contribution in [0.1, 0.15) is 23.1 Å². The van der Waals surface area contributed by atoms with Crippen molar-refractivity contribution in [3.63, 3.8) is 0 Å². The fourth-order valence-electron chi connectivity index (χ4n) is 2.44. The molecule has 104 valence electrons. The van der Waals surface area contributed by atoms with Crippen molar-refractivity contribution in [3.05, 3.63) is 47.0 Å². The molecule has 2 aromatic rings. The lowest BCUT2D eigenvalue weighted by molar-refractivity contribution is 0.0793. The third-order valence-corrected chi connectivity index (χ3v) is 3.98. The number of carbonyl (C=O) groups excluding carboxylic acids is 1. The van der Waals surface area contributed by atoms with Crippen LogP contribution in [-0.2, 0) is 13.1 Å². The Morgan fingerprint density at radius 1 is 1.30 bits per heavy atom. The van der Waals surface area contributed by atoms with E-state index in [1.807, 2.05) is 11.5 Å². The Balaban J connectivity index is 1.74. The molecule has 6 heteroatoms. The first-order valence-electron chi connectivity index (χ1n) is 6.55. The smallest absolute Gasteiger partial charge is 0.179 e. The predicted octanol–water partition coefficient (Wildman–Crippen LogP) is 2.02. The zero-order valence-electron chi connectivity index (χ0n) is 11.2. The zero-order valence-corrected chi connectivity index (χ0v) is 11.9. The minimum atomic E-state index is -0.179. The molecule has 0 N–H and O–H groups in total. The molecule has 0 amide bonds.